The summed E-state index contributed by atoms with van der Waals surface area (Å²) < 4.78 is 24.9. The van der Waals surface area contributed by atoms with Crippen molar-refractivity contribution in [3.8, 4) is 6.07 Å². The number of benzene rings is 2. The summed E-state index contributed by atoms with van der Waals surface area (Å²) in [4.78, 5) is 51.9. The van der Waals surface area contributed by atoms with Gasteiger partial charge in [-0.2, -0.15) is 10.2 Å². The first-order valence-electron chi connectivity index (χ1n) is 18.4. The minimum Gasteiger partial charge on any atom is -0.443 e. The van der Waals surface area contributed by atoms with Crippen molar-refractivity contribution in [2.45, 2.75) is 144 Å². The summed E-state index contributed by atoms with van der Waals surface area (Å²) in [6.45, 7) is 23.4. The van der Waals surface area contributed by atoms with Crippen LogP contribution in [0.1, 0.15) is 131 Å². The molecule has 0 fully saturated rings. The third kappa shape index (κ3) is 10.5. The van der Waals surface area contributed by atoms with E-state index in [2.05, 4.69) is 13.0 Å². The molecule has 2 amide bonds. The SMILES string of the molecule is CCCCc1nc2c(N(C(=O)OC(C)(C)C)C(=O)OC(C)(C)C)nc3cc(C(C)c4cccc(C#N)c4)ccc3c2n1CC(C)(C)OC(=O)OC(C)(C)C. The predicted octanol–water partition coefficient (Wildman–Crippen LogP) is 10.4. The second-order valence-electron chi connectivity index (χ2n) is 17.2. The Morgan fingerprint density at radius 2 is 1.41 bits per heavy atom. The number of carbonyl (C=O) groups excluding carboxylic acids is 3. The fourth-order valence-electron chi connectivity index (χ4n) is 5.90. The molecule has 0 N–H and O–H groups in total. The van der Waals surface area contributed by atoms with E-state index in [1.54, 1.807) is 82.2 Å². The van der Waals surface area contributed by atoms with Crippen molar-refractivity contribution < 1.29 is 33.3 Å². The van der Waals surface area contributed by atoms with E-state index in [-0.39, 0.29) is 23.8 Å². The van der Waals surface area contributed by atoms with Crippen molar-refractivity contribution in [3.05, 3.63) is 65.0 Å². The fourth-order valence-corrected chi connectivity index (χ4v) is 5.90. The molecule has 4 aromatic rings. The zero-order valence-electron chi connectivity index (χ0n) is 34.0. The number of hydrogen-bond donors (Lipinski definition) is 0. The van der Waals surface area contributed by atoms with Crippen LogP contribution >= 0.6 is 0 Å². The highest BCUT2D eigenvalue weighted by Crippen LogP contribution is 2.37. The van der Waals surface area contributed by atoms with Gasteiger partial charge in [-0.05, 0) is 112 Å². The van der Waals surface area contributed by atoms with E-state index in [0.29, 0.717) is 34.2 Å². The average molecular weight is 742 g/mol. The number of carbonyl (C=O) groups is 3. The number of amides is 2. The maximum Gasteiger partial charge on any atom is 0.509 e. The quantitative estimate of drug-likeness (QED) is 0.120. The Morgan fingerprint density at radius 3 is 1.96 bits per heavy atom. The summed E-state index contributed by atoms with van der Waals surface area (Å²) in [7, 11) is 0. The Morgan fingerprint density at radius 1 is 0.815 bits per heavy atom. The Bertz CT molecular complexity index is 2050. The lowest BCUT2D eigenvalue weighted by atomic mass is 9.91. The van der Waals surface area contributed by atoms with Crippen LogP contribution in [-0.2, 0) is 31.9 Å². The van der Waals surface area contributed by atoms with Crippen LogP contribution in [0.25, 0.3) is 21.9 Å². The van der Waals surface area contributed by atoms with Crippen LogP contribution in [0.15, 0.2) is 42.5 Å². The molecule has 12 nitrogen and oxygen atoms in total. The number of imidazole rings is 1. The number of fused-ring (bicyclic) bond motifs is 3. The van der Waals surface area contributed by atoms with Gasteiger partial charge in [0.2, 0.25) is 0 Å². The van der Waals surface area contributed by atoms with Gasteiger partial charge in [-0.15, -0.1) is 0 Å². The second-order valence-corrected chi connectivity index (χ2v) is 17.2. The minimum atomic E-state index is -1.08. The van der Waals surface area contributed by atoms with E-state index >= 15 is 0 Å². The number of nitrogens with zero attached hydrogens (tertiary/aromatic N) is 5. The van der Waals surface area contributed by atoms with Crippen LogP contribution in [0.4, 0.5) is 20.2 Å². The van der Waals surface area contributed by atoms with E-state index in [4.69, 9.17) is 28.9 Å². The number of nitriles is 1. The molecule has 0 aliphatic rings. The van der Waals surface area contributed by atoms with Crippen LogP contribution in [0.2, 0.25) is 0 Å². The number of aromatic nitrogens is 3. The smallest absolute Gasteiger partial charge is 0.443 e. The van der Waals surface area contributed by atoms with Gasteiger partial charge in [0.05, 0.1) is 29.2 Å². The molecule has 1 unspecified atom stereocenters. The number of pyridine rings is 1. The van der Waals surface area contributed by atoms with Crippen molar-refractivity contribution >= 4 is 46.1 Å². The van der Waals surface area contributed by atoms with E-state index in [0.717, 1.165) is 28.9 Å². The van der Waals surface area contributed by atoms with Crippen LogP contribution in [0.3, 0.4) is 0 Å². The molecule has 2 aromatic carbocycles. The summed E-state index contributed by atoms with van der Waals surface area (Å²) in [5.41, 5.74) is -0.0275. The van der Waals surface area contributed by atoms with Crippen molar-refractivity contribution in [3.63, 3.8) is 0 Å². The molecule has 0 aliphatic carbocycles. The van der Waals surface area contributed by atoms with E-state index in [1.165, 1.54) is 0 Å². The number of aryl methyl sites for hydroxylation is 1. The topological polar surface area (TPSA) is 146 Å². The molecule has 0 radical (unpaired) electrons. The lowest BCUT2D eigenvalue weighted by Crippen LogP contribution is -2.44. The van der Waals surface area contributed by atoms with E-state index < -0.39 is 40.7 Å². The Balaban J connectivity index is 2.07. The molecule has 2 aromatic heterocycles. The minimum absolute atomic E-state index is 0.0559. The van der Waals surface area contributed by atoms with Gasteiger partial charge in [-0.3, -0.25) is 0 Å². The highest BCUT2D eigenvalue weighted by Gasteiger charge is 2.37. The van der Waals surface area contributed by atoms with Crippen LogP contribution in [0, 0.1) is 11.3 Å². The summed E-state index contributed by atoms with van der Waals surface area (Å²) in [5, 5.41) is 10.2. The molecule has 2 heterocycles. The number of imide groups is 1. The summed E-state index contributed by atoms with van der Waals surface area (Å²) in [5.74, 6) is 0.463. The molecule has 4 rings (SSSR count). The molecule has 290 valence electrons. The second kappa shape index (κ2) is 15.7. The number of ether oxygens (including phenoxy) is 4. The third-order valence-corrected chi connectivity index (χ3v) is 8.18. The fraction of sp³-hybridized carbons (Fsp3) is 0.524. The maximum atomic E-state index is 14.0. The largest absolute Gasteiger partial charge is 0.509 e. The standard InChI is InChI=1S/C42H55N5O7/c1-14-15-19-32-45-33-34(46(32)25-42(12,13)54-38(50)53-41(9,10)11)30-21-20-29(26(2)28-18-16-17-27(22-28)24-43)23-31(30)44-35(33)47(36(48)51-39(3,4)5)37(49)52-40(6,7)8/h16-18,20-23,26H,14-15,19,25H2,1-13H3. The van der Waals surface area contributed by atoms with E-state index in [9.17, 15) is 19.6 Å². The zero-order valence-corrected chi connectivity index (χ0v) is 34.0. The first-order valence-corrected chi connectivity index (χ1v) is 18.4. The number of rotatable bonds is 9. The number of unbranched alkanes of at least 4 members (excludes halogenated alkanes) is 1. The zero-order chi connectivity index (χ0) is 40.4. The number of anilines is 1. The number of hydrogen-bond acceptors (Lipinski definition) is 10. The average Bonchev–Trinajstić information content (AvgIpc) is 3.37. The molecular formula is C42H55N5O7. The van der Waals surface area contributed by atoms with Gasteiger partial charge >= 0.3 is 18.3 Å². The Hall–Kier alpha value is -5.18. The Kier molecular flexibility index (Phi) is 12.1. The molecule has 54 heavy (non-hydrogen) atoms. The van der Waals surface area contributed by atoms with Gasteiger partial charge in [-0.1, -0.05) is 44.5 Å². The van der Waals surface area contributed by atoms with Gasteiger partial charge in [0.1, 0.15) is 33.7 Å². The lowest BCUT2D eigenvalue weighted by molar-refractivity contribution is -0.0581. The van der Waals surface area contributed by atoms with Crippen LogP contribution in [0.5, 0.6) is 0 Å². The highest BCUT2D eigenvalue weighted by molar-refractivity contribution is 6.17. The highest BCUT2D eigenvalue weighted by atomic mass is 16.7. The first kappa shape index (κ1) is 41.6. The van der Waals surface area contributed by atoms with Gasteiger partial charge in [0, 0.05) is 17.7 Å². The monoisotopic (exact) mass is 741 g/mol. The van der Waals surface area contributed by atoms with Gasteiger partial charge in [-0.25, -0.2) is 24.4 Å². The lowest BCUT2D eigenvalue weighted by Gasteiger charge is -2.29. The summed E-state index contributed by atoms with van der Waals surface area (Å²) in [6, 6.07) is 15.5. The van der Waals surface area contributed by atoms with Gasteiger partial charge in [0.15, 0.2) is 5.82 Å². The maximum absolute atomic E-state index is 14.0. The molecule has 0 saturated heterocycles. The summed E-state index contributed by atoms with van der Waals surface area (Å²) in [6.07, 6.45) is -0.523. The normalized spacial score (nSPS) is 13.0. The van der Waals surface area contributed by atoms with Gasteiger partial charge in [0.25, 0.3) is 0 Å². The molecule has 0 aliphatic heterocycles. The Labute approximate surface area is 318 Å². The summed E-state index contributed by atoms with van der Waals surface area (Å²) >= 11 is 0. The molecule has 1 atom stereocenters. The molecular weight excluding hydrogens is 686 g/mol. The van der Waals surface area contributed by atoms with Crippen molar-refractivity contribution in [2.75, 3.05) is 4.90 Å². The van der Waals surface area contributed by atoms with Gasteiger partial charge < -0.3 is 23.5 Å². The molecule has 0 saturated carbocycles. The molecule has 0 spiro atoms. The predicted molar refractivity (Wildman–Crippen MR) is 209 cm³/mol. The van der Waals surface area contributed by atoms with Crippen molar-refractivity contribution in [2.24, 2.45) is 0 Å². The molecule has 0 bridgehead atoms. The first-order chi connectivity index (χ1) is 24.9. The molecule has 12 heteroatoms. The van der Waals surface area contributed by atoms with Crippen molar-refractivity contribution in [1.82, 2.24) is 14.5 Å². The van der Waals surface area contributed by atoms with Crippen molar-refractivity contribution in [1.29, 1.82) is 5.26 Å². The van der Waals surface area contributed by atoms with Crippen LogP contribution < -0.4 is 4.90 Å². The van der Waals surface area contributed by atoms with E-state index in [1.807, 2.05) is 47.9 Å². The third-order valence-electron chi connectivity index (χ3n) is 8.18. The van der Waals surface area contributed by atoms with Crippen LogP contribution in [-0.4, -0.2) is 55.3 Å².